The summed E-state index contributed by atoms with van der Waals surface area (Å²) in [6, 6.07) is 12.2. The molecule has 4 nitrogen and oxygen atoms in total. The van der Waals surface area contributed by atoms with E-state index < -0.39 is 11.7 Å². The van der Waals surface area contributed by atoms with Gasteiger partial charge in [0, 0.05) is 25.6 Å². The number of likely N-dealkylation sites (tertiary alicyclic amines) is 1. The third kappa shape index (κ3) is 6.49. The van der Waals surface area contributed by atoms with Gasteiger partial charge in [0.15, 0.2) is 0 Å². The Hall–Kier alpha value is -2.54. The van der Waals surface area contributed by atoms with Crippen LogP contribution in [0.25, 0.3) is 0 Å². The quantitative estimate of drug-likeness (QED) is 0.628. The molecule has 162 valence electrons. The number of amides is 1. The zero-order chi connectivity index (χ0) is 21.6. The van der Waals surface area contributed by atoms with E-state index in [1.54, 1.807) is 6.07 Å². The van der Waals surface area contributed by atoms with Gasteiger partial charge in [0.25, 0.3) is 0 Å². The first-order chi connectivity index (χ1) is 14.3. The number of hydrogen-bond acceptors (Lipinski definition) is 3. The lowest BCUT2D eigenvalue weighted by atomic mass is 10.0. The lowest BCUT2D eigenvalue weighted by Gasteiger charge is -2.29. The third-order valence-corrected chi connectivity index (χ3v) is 5.19. The SMILES string of the molecule is CC(=O)Nc1cccc(C(CCN2CCCCC2)Oc2ccc(C(F)(F)F)cc2)c1. The van der Waals surface area contributed by atoms with Gasteiger partial charge in [0.05, 0.1) is 5.56 Å². The minimum atomic E-state index is -4.38. The molecule has 0 aliphatic carbocycles. The van der Waals surface area contributed by atoms with Crippen LogP contribution in [0.5, 0.6) is 5.75 Å². The molecule has 1 atom stereocenters. The second-order valence-corrected chi connectivity index (χ2v) is 7.63. The maximum atomic E-state index is 12.8. The highest BCUT2D eigenvalue weighted by Crippen LogP contribution is 2.32. The maximum Gasteiger partial charge on any atom is 0.416 e. The summed E-state index contributed by atoms with van der Waals surface area (Å²) in [5.74, 6) is 0.220. The molecule has 2 aromatic rings. The van der Waals surface area contributed by atoms with E-state index in [1.165, 1.54) is 38.3 Å². The fraction of sp³-hybridized carbons (Fsp3) is 0.435. The topological polar surface area (TPSA) is 41.6 Å². The molecule has 1 heterocycles. The van der Waals surface area contributed by atoms with Crippen LogP contribution < -0.4 is 10.1 Å². The molecule has 0 radical (unpaired) electrons. The molecule has 0 saturated carbocycles. The van der Waals surface area contributed by atoms with Crippen LogP contribution >= 0.6 is 0 Å². The van der Waals surface area contributed by atoms with Crippen molar-refractivity contribution in [1.82, 2.24) is 4.90 Å². The third-order valence-electron chi connectivity index (χ3n) is 5.19. The smallest absolute Gasteiger partial charge is 0.416 e. The van der Waals surface area contributed by atoms with Crippen LogP contribution in [-0.2, 0) is 11.0 Å². The highest BCUT2D eigenvalue weighted by Gasteiger charge is 2.30. The van der Waals surface area contributed by atoms with Gasteiger partial charge in [-0.2, -0.15) is 13.2 Å². The highest BCUT2D eigenvalue weighted by atomic mass is 19.4. The first-order valence-corrected chi connectivity index (χ1v) is 10.2. The summed E-state index contributed by atoms with van der Waals surface area (Å²) in [6.45, 7) is 4.40. The average molecular weight is 420 g/mol. The zero-order valence-corrected chi connectivity index (χ0v) is 17.0. The molecule has 1 amide bonds. The van der Waals surface area contributed by atoms with Gasteiger partial charge in [-0.3, -0.25) is 4.79 Å². The van der Waals surface area contributed by atoms with Crippen molar-refractivity contribution in [2.75, 3.05) is 25.0 Å². The molecule has 7 heteroatoms. The van der Waals surface area contributed by atoms with Crippen molar-refractivity contribution in [2.24, 2.45) is 0 Å². The fourth-order valence-electron chi connectivity index (χ4n) is 3.68. The van der Waals surface area contributed by atoms with E-state index in [0.29, 0.717) is 17.9 Å². The van der Waals surface area contributed by atoms with Crippen LogP contribution in [0.3, 0.4) is 0 Å². The number of nitrogens with zero attached hydrogens (tertiary/aromatic N) is 1. The van der Waals surface area contributed by atoms with Gasteiger partial charge in [0.2, 0.25) is 5.91 Å². The Morgan fingerprint density at radius 2 is 1.80 bits per heavy atom. The number of halogens is 3. The Labute approximate surface area is 175 Å². The summed E-state index contributed by atoms with van der Waals surface area (Å²) >= 11 is 0. The molecular weight excluding hydrogens is 393 g/mol. The van der Waals surface area contributed by atoms with Gasteiger partial charge < -0.3 is 15.0 Å². The number of hydrogen-bond donors (Lipinski definition) is 1. The fourth-order valence-corrected chi connectivity index (χ4v) is 3.68. The summed E-state index contributed by atoms with van der Waals surface area (Å²) < 4.78 is 44.6. The Bertz CT molecular complexity index is 831. The van der Waals surface area contributed by atoms with Crippen molar-refractivity contribution in [3.05, 3.63) is 59.7 Å². The van der Waals surface area contributed by atoms with Crippen molar-refractivity contribution in [1.29, 1.82) is 0 Å². The van der Waals surface area contributed by atoms with E-state index in [-0.39, 0.29) is 12.0 Å². The molecule has 3 rings (SSSR count). The Balaban J connectivity index is 1.77. The molecule has 1 fully saturated rings. The second-order valence-electron chi connectivity index (χ2n) is 7.63. The molecule has 30 heavy (non-hydrogen) atoms. The van der Waals surface area contributed by atoms with E-state index in [1.807, 2.05) is 18.2 Å². The van der Waals surface area contributed by atoms with Gasteiger partial charge in [-0.1, -0.05) is 18.6 Å². The van der Waals surface area contributed by atoms with Crippen molar-refractivity contribution in [3.8, 4) is 5.75 Å². The van der Waals surface area contributed by atoms with Crippen LogP contribution in [0.2, 0.25) is 0 Å². The normalized spacial score (nSPS) is 16.1. The van der Waals surface area contributed by atoms with Crippen LogP contribution in [-0.4, -0.2) is 30.4 Å². The number of alkyl halides is 3. The molecular formula is C23H27F3N2O2. The Kier molecular flexibility index (Phi) is 7.37. The monoisotopic (exact) mass is 420 g/mol. The number of anilines is 1. The van der Waals surface area contributed by atoms with Crippen LogP contribution in [0.1, 0.15) is 49.8 Å². The first kappa shape index (κ1) is 22.2. The van der Waals surface area contributed by atoms with Crippen molar-refractivity contribution in [3.63, 3.8) is 0 Å². The number of ether oxygens (including phenoxy) is 1. The number of piperidine rings is 1. The lowest BCUT2D eigenvalue weighted by molar-refractivity contribution is -0.137. The van der Waals surface area contributed by atoms with Crippen LogP contribution in [0.15, 0.2) is 48.5 Å². The largest absolute Gasteiger partial charge is 0.486 e. The van der Waals surface area contributed by atoms with E-state index in [4.69, 9.17) is 4.74 Å². The van der Waals surface area contributed by atoms with Crippen LogP contribution in [0, 0.1) is 0 Å². The molecule has 0 spiro atoms. The van der Waals surface area contributed by atoms with E-state index in [2.05, 4.69) is 10.2 Å². The summed E-state index contributed by atoms with van der Waals surface area (Å²) in [5, 5.41) is 2.76. The highest BCUT2D eigenvalue weighted by molar-refractivity contribution is 5.88. The van der Waals surface area contributed by atoms with E-state index in [9.17, 15) is 18.0 Å². The summed E-state index contributed by atoms with van der Waals surface area (Å²) in [4.78, 5) is 13.8. The van der Waals surface area contributed by atoms with Gasteiger partial charge in [-0.05, 0) is 67.9 Å². The molecule has 1 aliphatic rings. The average Bonchev–Trinajstić information content (AvgIpc) is 2.71. The number of carbonyl (C=O) groups excluding carboxylic acids is 1. The molecule has 2 aromatic carbocycles. The van der Waals surface area contributed by atoms with E-state index >= 15 is 0 Å². The Morgan fingerprint density at radius 3 is 2.43 bits per heavy atom. The molecule has 1 N–H and O–H groups in total. The van der Waals surface area contributed by atoms with Crippen molar-refractivity contribution >= 4 is 11.6 Å². The predicted octanol–water partition coefficient (Wildman–Crippen LogP) is 5.66. The Morgan fingerprint density at radius 1 is 1.10 bits per heavy atom. The summed E-state index contributed by atoms with van der Waals surface area (Å²) in [5.41, 5.74) is 0.838. The molecule has 1 aliphatic heterocycles. The second kappa shape index (κ2) is 9.98. The van der Waals surface area contributed by atoms with Gasteiger partial charge in [-0.25, -0.2) is 0 Å². The van der Waals surface area contributed by atoms with Crippen molar-refractivity contribution in [2.45, 2.75) is 44.9 Å². The minimum absolute atomic E-state index is 0.166. The maximum absolute atomic E-state index is 12.8. The number of benzene rings is 2. The molecule has 0 bridgehead atoms. The predicted molar refractivity (Wildman–Crippen MR) is 110 cm³/mol. The molecule has 1 saturated heterocycles. The summed E-state index contributed by atoms with van der Waals surface area (Å²) in [7, 11) is 0. The standard InChI is InChI=1S/C23H27F3N2O2/c1-17(29)27-20-7-5-6-18(16-20)22(12-15-28-13-3-2-4-14-28)30-21-10-8-19(9-11-21)23(24,25)26/h5-11,16,22H,2-4,12-15H2,1H3,(H,27,29). The minimum Gasteiger partial charge on any atom is -0.486 e. The van der Waals surface area contributed by atoms with Crippen molar-refractivity contribution < 1.29 is 22.7 Å². The number of nitrogens with one attached hydrogen (secondary N) is 1. The first-order valence-electron chi connectivity index (χ1n) is 10.2. The van der Waals surface area contributed by atoms with Gasteiger partial charge in [-0.15, -0.1) is 0 Å². The van der Waals surface area contributed by atoms with E-state index in [0.717, 1.165) is 37.3 Å². The number of rotatable bonds is 7. The molecule has 0 aromatic heterocycles. The summed E-state index contributed by atoms with van der Waals surface area (Å²) in [6.07, 6.45) is -0.396. The van der Waals surface area contributed by atoms with Gasteiger partial charge >= 0.3 is 6.18 Å². The number of carbonyl (C=O) groups is 1. The zero-order valence-electron chi connectivity index (χ0n) is 17.0. The lowest BCUT2D eigenvalue weighted by Crippen LogP contribution is -2.31. The molecule has 1 unspecified atom stereocenters. The van der Waals surface area contributed by atoms with Gasteiger partial charge in [0.1, 0.15) is 11.9 Å². The van der Waals surface area contributed by atoms with Crippen LogP contribution in [0.4, 0.5) is 18.9 Å².